The Kier molecular flexibility index (Phi) is 46.3. The van der Waals surface area contributed by atoms with Gasteiger partial charge in [0.05, 0.1) is 0 Å². The molecule has 0 saturated carbocycles. The highest BCUT2D eigenvalue weighted by Crippen LogP contribution is 2.16. The molecule has 0 aliphatic carbocycles. The van der Waals surface area contributed by atoms with Gasteiger partial charge in [-0.05, 0) is 44.9 Å². The Bertz CT molecular complexity index is 900. The molecule has 0 heterocycles. The van der Waals surface area contributed by atoms with E-state index in [-0.39, 0.29) is 31.1 Å². The molecule has 6 heteroatoms. The first kappa shape index (κ1) is 56.1. The molecule has 0 bridgehead atoms. The van der Waals surface area contributed by atoms with Gasteiger partial charge in [0, 0.05) is 19.3 Å². The largest absolute Gasteiger partial charge is 0.462 e. The van der Waals surface area contributed by atoms with Gasteiger partial charge in [-0.15, -0.1) is 0 Å². The number of unbranched alkanes of at least 4 members (excludes halogenated alkanes) is 34. The van der Waals surface area contributed by atoms with Gasteiger partial charge in [0.2, 0.25) is 0 Å². The number of hydrogen-bond donors (Lipinski definition) is 0. The van der Waals surface area contributed by atoms with Crippen molar-refractivity contribution in [1.82, 2.24) is 0 Å². The van der Waals surface area contributed by atoms with Gasteiger partial charge in [0.15, 0.2) is 6.10 Å². The molecular weight excluding hydrogens is 721 g/mol. The van der Waals surface area contributed by atoms with Gasteiger partial charge in [-0.25, -0.2) is 0 Å². The van der Waals surface area contributed by atoms with Crippen LogP contribution in [-0.2, 0) is 28.6 Å². The molecule has 342 valence electrons. The average Bonchev–Trinajstić information content (AvgIpc) is 3.22. The Hall–Kier alpha value is -1.85. The number of allylic oxidation sites excluding steroid dienone is 2. The van der Waals surface area contributed by atoms with Crippen LogP contribution in [0.5, 0.6) is 0 Å². The summed E-state index contributed by atoms with van der Waals surface area (Å²) in [5, 5.41) is 0. The minimum absolute atomic E-state index is 0.0673. The normalized spacial score (nSPS) is 12.0. The molecule has 0 unspecified atom stereocenters. The van der Waals surface area contributed by atoms with Crippen molar-refractivity contribution >= 4 is 17.9 Å². The zero-order chi connectivity index (χ0) is 42.3. The second-order valence-corrected chi connectivity index (χ2v) is 17.4. The van der Waals surface area contributed by atoms with Gasteiger partial charge in [-0.2, -0.15) is 0 Å². The van der Waals surface area contributed by atoms with Crippen molar-refractivity contribution in [2.75, 3.05) is 13.2 Å². The van der Waals surface area contributed by atoms with Crippen molar-refractivity contribution < 1.29 is 28.6 Å². The van der Waals surface area contributed by atoms with Gasteiger partial charge < -0.3 is 14.2 Å². The van der Waals surface area contributed by atoms with Crippen LogP contribution in [0.25, 0.3) is 0 Å². The van der Waals surface area contributed by atoms with Crippen molar-refractivity contribution in [3.05, 3.63) is 12.2 Å². The molecule has 0 amide bonds. The molecule has 1 atom stereocenters. The third-order valence-electron chi connectivity index (χ3n) is 11.5. The van der Waals surface area contributed by atoms with Crippen LogP contribution in [0.15, 0.2) is 12.2 Å². The Morgan fingerprint density at radius 2 is 0.569 bits per heavy atom. The van der Waals surface area contributed by atoms with E-state index in [1.54, 1.807) is 0 Å². The molecular formula is C52H98O6. The van der Waals surface area contributed by atoms with Crippen molar-refractivity contribution in [1.29, 1.82) is 0 Å². The maximum atomic E-state index is 12.8. The molecule has 0 spiro atoms. The molecule has 0 aliphatic rings. The topological polar surface area (TPSA) is 78.9 Å². The van der Waals surface area contributed by atoms with Crippen LogP contribution >= 0.6 is 0 Å². The van der Waals surface area contributed by atoms with Crippen LogP contribution in [0.1, 0.15) is 284 Å². The smallest absolute Gasteiger partial charge is 0.306 e. The van der Waals surface area contributed by atoms with E-state index < -0.39 is 6.10 Å². The molecule has 0 rings (SSSR count). The second kappa shape index (κ2) is 47.8. The van der Waals surface area contributed by atoms with E-state index in [2.05, 4.69) is 32.9 Å². The lowest BCUT2D eigenvalue weighted by atomic mass is 10.0. The Morgan fingerprint density at radius 3 is 0.879 bits per heavy atom. The summed E-state index contributed by atoms with van der Waals surface area (Å²) in [6.45, 7) is 6.64. The van der Waals surface area contributed by atoms with Gasteiger partial charge in [0.1, 0.15) is 13.2 Å². The van der Waals surface area contributed by atoms with Gasteiger partial charge >= 0.3 is 17.9 Å². The highest BCUT2D eigenvalue weighted by molar-refractivity contribution is 5.71. The average molecular weight is 819 g/mol. The quantitative estimate of drug-likeness (QED) is 0.0263. The zero-order valence-electron chi connectivity index (χ0n) is 39.1. The molecule has 0 fully saturated rings. The zero-order valence-corrected chi connectivity index (χ0v) is 39.1. The van der Waals surface area contributed by atoms with Crippen molar-refractivity contribution in [3.8, 4) is 0 Å². The SMILES string of the molecule is CCCCCC/C=C\CCCCCCCC(=O)OC[C@H](COC(=O)CCCCCCCCCCCCCC)OC(=O)CCCCCCCCCCCCCCCCC. The molecule has 0 N–H and O–H groups in total. The molecule has 0 aromatic heterocycles. The van der Waals surface area contributed by atoms with Gasteiger partial charge in [-0.3, -0.25) is 14.4 Å². The first-order valence-corrected chi connectivity index (χ1v) is 25.7. The molecule has 58 heavy (non-hydrogen) atoms. The minimum atomic E-state index is -0.765. The van der Waals surface area contributed by atoms with Crippen LogP contribution in [0.4, 0.5) is 0 Å². The number of carbonyl (C=O) groups is 3. The molecule has 0 aromatic rings. The van der Waals surface area contributed by atoms with Gasteiger partial charge in [-0.1, -0.05) is 232 Å². The summed E-state index contributed by atoms with van der Waals surface area (Å²) in [5.41, 5.74) is 0. The van der Waals surface area contributed by atoms with Crippen molar-refractivity contribution in [3.63, 3.8) is 0 Å². The van der Waals surface area contributed by atoms with E-state index >= 15 is 0 Å². The lowest BCUT2D eigenvalue weighted by molar-refractivity contribution is -0.167. The summed E-state index contributed by atoms with van der Waals surface area (Å²) in [4.78, 5) is 37.9. The van der Waals surface area contributed by atoms with Crippen LogP contribution in [0, 0.1) is 0 Å². The lowest BCUT2D eigenvalue weighted by Gasteiger charge is -2.18. The number of ether oxygens (including phenoxy) is 3. The maximum absolute atomic E-state index is 12.8. The lowest BCUT2D eigenvalue weighted by Crippen LogP contribution is -2.30. The molecule has 0 radical (unpaired) electrons. The van der Waals surface area contributed by atoms with E-state index in [0.29, 0.717) is 19.3 Å². The predicted molar refractivity (Wildman–Crippen MR) is 247 cm³/mol. The fourth-order valence-electron chi connectivity index (χ4n) is 7.61. The summed E-state index contributed by atoms with van der Waals surface area (Å²) in [6.07, 6.45) is 51.9. The molecule has 0 aromatic carbocycles. The fraction of sp³-hybridized carbons (Fsp3) is 0.904. The highest BCUT2D eigenvalue weighted by Gasteiger charge is 2.19. The van der Waals surface area contributed by atoms with Crippen molar-refractivity contribution in [2.24, 2.45) is 0 Å². The number of rotatable bonds is 47. The van der Waals surface area contributed by atoms with Crippen LogP contribution in [0.2, 0.25) is 0 Å². The summed E-state index contributed by atoms with van der Waals surface area (Å²) in [7, 11) is 0. The summed E-state index contributed by atoms with van der Waals surface area (Å²) < 4.78 is 16.8. The predicted octanol–water partition coefficient (Wildman–Crippen LogP) is 16.6. The second-order valence-electron chi connectivity index (χ2n) is 17.4. The summed E-state index contributed by atoms with van der Waals surface area (Å²) in [5.74, 6) is -0.860. The Morgan fingerprint density at radius 1 is 0.328 bits per heavy atom. The number of carbonyl (C=O) groups excluding carboxylic acids is 3. The highest BCUT2D eigenvalue weighted by atomic mass is 16.6. The maximum Gasteiger partial charge on any atom is 0.306 e. The van der Waals surface area contributed by atoms with Crippen LogP contribution < -0.4 is 0 Å². The first-order valence-electron chi connectivity index (χ1n) is 25.7. The third-order valence-corrected chi connectivity index (χ3v) is 11.5. The first-order chi connectivity index (χ1) is 28.5. The summed E-state index contributed by atoms with van der Waals surface area (Å²) in [6, 6.07) is 0. The Balaban J connectivity index is 4.33. The van der Waals surface area contributed by atoms with Crippen LogP contribution in [-0.4, -0.2) is 37.2 Å². The van der Waals surface area contributed by atoms with Crippen molar-refractivity contribution in [2.45, 2.75) is 290 Å². The van der Waals surface area contributed by atoms with Crippen LogP contribution in [0.3, 0.4) is 0 Å². The standard InChI is InChI=1S/C52H98O6/c1-4-7-10-13-16-19-22-25-26-28-31-34-37-40-43-46-52(55)58-49(47-56-50(53)44-41-38-35-32-29-24-21-18-15-12-9-6-3)48-57-51(54)45-42-39-36-33-30-27-23-20-17-14-11-8-5-2/h20,23,49H,4-19,21-22,24-48H2,1-3H3/b23-20-/t49-/m0/s1. The molecule has 0 aliphatic heterocycles. The Labute approximate surface area is 360 Å². The van der Waals surface area contributed by atoms with E-state index in [4.69, 9.17) is 14.2 Å². The third kappa shape index (κ3) is 45.2. The number of esters is 3. The molecule has 0 saturated heterocycles. The van der Waals surface area contributed by atoms with Gasteiger partial charge in [0.25, 0.3) is 0 Å². The van der Waals surface area contributed by atoms with E-state index in [1.165, 1.54) is 180 Å². The summed E-state index contributed by atoms with van der Waals surface area (Å²) >= 11 is 0. The fourth-order valence-corrected chi connectivity index (χ4v) is 7.61. The monoisotopic (exact) mass is 819 g/mol. The molecule has 6 nitrogen and oxygen atoms in total. The van der Waals surface area contributed by atoms with E-state index in [9.17, 15) is 14.4 Å². The van der Waals surface area contributed by atoms with E-state index in [0.717, 1.165) is 64.2 Å². The minimum Gasteiger partial charge on any atom is -0.462 e. The van der Waals surface area contributed by atoms with E-state index in [1.807, 2.05) is 0 Å². The number of hydrogen-bond acceptors (Lipinski definition) is 6.